The molecule has 0 saturated carbocycles. The van der Waals surface area contributed by atoms with Gasteiger partial charge < -0.3 is 5.32 Å². The lowest BCUT2D eigenvalue weighted by atomic mass is 9.40. The van der Waals surface area contributed by atoms with Crippen LogP contribution in [0.2, 0.25) is 6.32 Å². The average Bonchev–Trinajstić information content (AvgIpc) is 2.98. The first-order valence-electron chi connectivity index (χ1n) is 9.94. The SMILES string of the molecule is CC1(C)CB(c2ccccc2)c2cc(NC(=O)c3ccc(F)cc3C(F)(F)F)ccc21. The van der Waals surface area contributed by atoms with Gasteiger partial charge in [0.05, 0.1) is 11.1 Å². The minimum Gasteiger partial charge on any atom is -0.322 e. The number of benzene rings is 3. The van der Waals surface area contributed by atoms with Crippen LogP contribution in [0, 0.1) is 5.82 Å². The van der Waals surface area contributed by atoms with E-state index in [1.54, 1.807) is 6.07 Å². The largest absolute Gasteiger partial charge is 0.417 e. The summed E-state index contributed by atoms with van der Waals surface area (Å²) in [5, 5.41) is 2.56. The van der Waals surface area contributed by atoms with Crippen LogP contribution in [0.1, 0.15) is 35.3 Å². The van der Waals surface area contributed by atoms with E-state index in [2.05, 4.69) is 31.3 Å². The van der Waals surface area contributed by atoms with E-state index in [4.69, 9.17) is 0 Å². The lowest BCUT2D eigenvalue weighted by Gasteiger charge is -2.20. The van der Waals surface area contributed by atoms with Crippen LogP contribution in [0.25, 0.3) is 0 Å². The number of rotatable bonds is 3. The molecule has 0 bridgehead atoms. The van der Waals surface area contributed by atoms with Gasteiger partial charge in [-0.2, -0.15) is 13.2 Å². The summed E-state index contributed by atoms with van der Waals surface area (Å²) in [5.41, 5.74) is 1.76. The topological polar surface area (TPSA) is 29.1 Å². The third-order valence-electron chi connectivity index (χ3n) is 5.86. The van der Waals surface area contributed by atoms with E-state index in [0.29, 0.717) is 11.8 Å². The van der Waals surface area contributed by atoms with Crippen LogP contribution in [-0.2, 0) is 11.6 Å². The van der Waals surface area contributed by atoms with E-state index in [-0.39, 0.29) is 12.1 Å². The van der Waals surface area contributed by atoms with Crippen molar-refractivity contribution in [2.45, 2.75) is 31.8 Å². The van der Waals surface area contributed by atoms with Crippen LogP contribution in [0.3, 0.4) is 0 Å². The molecule has 1 N–H and O–H groups in total. The molecule has 7 heteroatoms. The summed E-state index contributed by atoms with van der Waals surface area (Å²) < 4.78 is 53.2. The van der Waals surface area contributed by atoms with Crippen molar-refractivity contribution in [3.8, 4) is 0 Å². The minimum absolute atomic E-state index is 0.0706. The van der Waals surface area contributed by atoms with Crippen molar-refractivity contribution in [3.05, 3.63) is 89.2 Å². The summed E-state index contributed by atoms with van der Waals surface area (Å²) >= 11 is 0. The Morgan fingerprint density at radius 2 is 1.71 bits per heavy atom. The third-order valence-corrected chi connectivity index (χ3v) is 5.86. The molecule has 0 spiro atoms. The summed E-state index contributed by atoms with van der Waals surface area (Å²) in [6, 6.07) is 17.5. The summed E-state index contributed by atoms with van der Waals surface area (Å²) in [6.45, 7) is 4.43. The van der Waals surface area contributed by atoms with Crippen molar-refractivity contribution in [2.75, 3.05) is 5.32 Å². The Balaban J connectivity index is 1.69. The molecular formula is C24H20BF4NO. The maximum absolute atomic E-state index is 13.4. The van der Waals surface area contributed by atoms with Gasteiger partial charge in [-0.05, 0) is 41.3 Å². The molecule has 31 heavy (non-hydrogen) atoms. The maximum atomic E-state index is 13.4. The first kappa shape index (κ1) is 21.2. The van der Waals surface area contributed by atoms with Gasteiger partial charge in [0.15, 0.2) is 0 Å². The molecule has 0 aromatic heterocycles. The van der Waals surface area contributed by atoms with Crippen molar-refractivity contribution in [1.82, 2.24) is 0 Å². The van der Waals surface area contributed by atoms with Gasteiger partial charge in [-0.1, -0.05) is 67.5 Å². The van der Waals surface area contributed by atoms with Crippen molar-refractivity contribution >= 4 is 29.2 Å². The molecule has 0 aliphatic carbocycles. The van der Waals surface area contributed by atoms with Gasteiger partial charge in [0.2, 0.25) is 6.71 Å². The van der Waals surface area contributed by atoms with Crippen LogP contribution in [0.5, 0.6) is 0 Å². The molecule has 3 aromatic rings. The Hall–Kier alpha value is -3.09. The van der Waals surface area contributed by atoms with E-state index in [1.165, 1.54) is 0 Å². The summed E-state index contributed by atoms with van der Waals surface area (Å²) in [4.78, 5) is 12.6. The van der Waals surface area contributed by atoms with E-state index in [1.807, 2.05) is 30.3 Å². The number of anilines is 1. The number of carbonyl (C=O) groups is 1. The van der Waals surface area contributed by atoms with Crippen molar-refractivity contribution in [1.29, 1.82) is 0 Å². The number of hydrogen-bond donors (Lipinski definition) is 1. The molecule has 1 aliphatic rings. The van der Waals surface area contributed by atoms with Gasteiger partial charge in [0.1, 0.15) is 5.82 Å². The fraction of sp³-hybridized carbons (Fsp3) is 0.208. The second kappa shape index (κ2) is 7.55. The molecule has 158 valence electrons. The van der Waals surface area contributed by atoms with E-state index < -0.39 is 29.0 Å². The van der Waals surface area contributed by atoms with E-state index in [9.17, 15) is 22.4 Å². The average molecular weight is 425 g/mol. The molecule has 0 radical (unpaired) electrons. The number of nitrogens with one attached hydrogen (secondary N) is 1. The summed E-state index contributed by atoms with van der Waals surface area (Å²) in [6.07, 6.45) is -3.95. The highest BCUT2D eigenvalue weighted by molar-refractivity contribution is 6.86. The van der Waals surface area contributed by atoms with Crippen LogP contribution in [-0.4, -0.2) is 12.6 Å². The molecule has 0 fully saturated rings. The Morgan fingerprint density at radius 1 is 1.00 bits per heavy atom. The van der Waals surface area contributed by atoms with Crippen LogP contribution >= 0.6 is 0 Å². The number of halogens is 4. The smallest absolute Gasteiger partial charge is 0.322 e. The Bertz CT molecular complexity index is 1140. The zero-order valence-electron chi connectivity index (χ0n) is 17.1. The fourth-order valence-electron chi connectivity index (χ4n) is 4.41. The van der Waals surface area contributed by atoms with Crippen LogP contribution in [0.15, 0.2) is 66.7 Å². The molecule has 1 aliphatic heterocycles. The first-order chi connectivity index (χ1) is 14.6. The normalized spacial score (nSPS) is 15.0. The highest BCUT2D eigenvalue weighted by Gasteiger charge is 2.40. The molecule has 1 amide bonds. The molecular weight excluding hydrogens is 405 g/mol. The molecule has 0 unspecified atom stereocenters. The van der Waals surface area contributed by atoms with E-state index >= 15 is 0 Å². The number of fused-ring (bicyclic) bond motifs is 1. The van der Waals surface area contributed by atoms with Crippen molar-refractivity contribution in [2.24, 2.45) is 0 Å². The minimum atomic E-state index is -4.84. The highest BCUT2D eigenvalue weighted by atomic mass is 19.4. The quantitative estimate of drug-likeness (QED) is 0.465. The Kier molecular flexibility index (Phi) is 5.16. The number of amides is 1. The van der Waals surface area contributed by atoms with Gasteiger partial charge in [-0.3, -0.25) is 4.79 Å². The number of hydrogen-bond acceptors (Lipinski definition) is 1. The second-order valence-corrected chi connectivity index (χ2v) is 8.50. The molecule has 1 heterocycles. The maximum Gasteiger partial charge on any atom is 0.417 e. The summed E-state index contributed by atoms with van der Waals surface area (Å²) in [5.74, 6) is -1.98. The van der Waals surface area contributed by atoms with Crippen molar-refractivity contribution < 1.29 is 22.4 Å². The zero-order chi connectivity index (χ0) is 22.4. The molecule has 4 rings (SSSR count). The molecule has 2 nitrogen and oxygen atoms in total. The molecule has 3 aromatic carbocycles. The standard InChI is InChI=1S/C24H20BF4NO/c1-23(2)14-25(15-6-4-3-5-7-15)21-13-17(9-11-19(21)23)30-22(31)18-10-8-16(26)12-20(18)24(27,28)29/h3-13H,14H2,1-2H3,(H,30,31). The van der Waals surface area contributed by atoms with Crippen LogP contribution in [0.4, 0.5) is 23.2 Å². The predicted octanol–water partition coefficient (Wildman–Crippen LogP) is 5.00. The third kappa shape index (κ3) is 4.09. The monoisotopic (exact) mass is 425 g/mol. The van der Waals surface area contributed by atoms with Gasteiger partial charge >= 0.3 is 6.18 Å². The summed E-state index contributed by atoms with van der Waals surface area (Å²) in [7, 11) is 0. The Labute approximate surface area is 178 Å². The first-order valence-corrected chi connectivity index (χ1v) is 9.94. The number of alkyl halides is 3. The lowest BCUT2D eigenvalue weighted by Crippen LogP contribution is -2.39. The highest BCUT2D eigenvalue weighted by Crippen LogP contribution is 2.36. The fourth-order valence-corrected chi connectivity index (χ4v) is 4.41. The Morgan fingerprint density at radius 3 is 2.39 bits per heavy atom. The van der Waals surface area contributed by atoms with E-state index in [0.717, 1.165) is 34.9 Å². The molecule has 0 atom stereocenters. The molecule has 0 saturated heterocycles. The zero-order valence-corrected chi connectivity index (χ0v) is 17.1. The van der Waals surface area contributed by atoms with Gasteiger partial charge in [0.25, 0.3) is 5.91 Å². The van der Waals surface area contributed by atoms with Crippen LogP contribution < -0.4 is 16.2 Å². The van der Waals surface area contributed by atoms with Gasteiger partial charge in [-0.15, -0.1) is 0 Å². The van der Waals surface area contributed by atoms with Gasteiger partial charge in [0, 0.05) is 5.69 Å². The van der Waals surface area contributed by atoms with Crippen molar-refractivity contribution in [3.63, 3.8) is 0 Å². The predicted molar refractivity (Wildman–Crippen MR) is 115 cm³/mol. The van der Waals surface area contributed by atoms with Gasteiger partial charge in [-0.25, -0.2) is 4.39 Å². The lowest BCUT2D eigenvalue weighted by molar-refractivity contribution is -0.138. The second-order valence-electron chi connectivity index (χ2n) is 8.50. The number of carbonyl (C=O) groups excluding carboxylic acids is 1.